The largest absolute Gasteiger partial charge is 0.423 e. The molecule has 2 aromatic rings. The van der Waals surface area contributed by atoms with Crippen molar-refractivity contribution in [2.75, 3.05) is 13.1 Å². The minimum atomic E-state index is -0.589. The number of hydrogen-bond acceptors (Lipinski definition) is 6. The molecule has 2 bridgehead atoms. The van der Waals surface area contributed by atoms with E-state index in [0.29, 0.717) is 24.2 Å². The molecule has 2 aliphatic rings. The highest BCUT2D eigenvalue weighted by Gasteiger charge is 2.47. The van der Waals surface area contributed by atoms with E-state index in [4.69, 9.17) is 9.47 Å². The molecule has 4 rings (SSSR count). The second-order valence-electron chi connectivity index (χ2n) is 8.61. The molecule has 33 heavy (non-hydrogen) atoms. The van der Waals surface area contributed by atoms with Gasteiger partial charge in [-0.1, -0.05) is 6.07 Å². The average molecular weight is 450 g/mol. The zero-order valence-electron chi connectivity index (χ0n) is 19.1. The summed E-state index contributed by atoms with van der Waals surface area (Å²) in [4.78, 5) is 52.6. The average Bonchev–Trinajstić information content (AvgIpc) is 3.36. The summed E-state index contributed by atoms with van der Waals surface area (Å²) in [6, 6.07) is 9.98. The summed E-state index contributed by atoms with van der Waals surface area (Å²) in [6.45, 7) is 7.38. The Kier molecular flexibility index (Phi) is 5.93. The van der Waals surface area contributed by atoms with Gasteiger partial charge in [0.15, 0.2) is 11.5 Å². The van der Waals surface area contributed by atoms with E-state index < -0.39 is 11.9 Å². The number of benzene rings is 2. The number of nitrogens with zero attached hydrogens (tertiary/aromatic N) is 2. The van der Waals surface area contributed by atoms with Crippen LogP contribution in [0.2, 0.25) is 0 Å². The fourth-order valence-corrected chi connectivity index (χ4v) is 4.49. The Labute approximate surface area is 192 Å². The summed E-state index contributed by atoms with van der Waals surface area (Å²) in [7, 11) is 0. The van der Waals surface area contributed by atoms with Crippen LogP contribution in [0.4, 0.5) is 0 Å². The van der Waals surface area contributed by atoms with Gasteiger partial charge < -0.3 is 19.3 Å². The van der Waals surface area contributed by atoms with Crippen LogP contribution >= 0.6 is 0 Å². The first-order valence-corrected chi connectivity index (χ1v) is 10.8. The van der Waals surface area contributed by atoms with Gasteiger partial charge in [-0.15, -0.1) is 0 Å². The summed E-state index contributed by atoms with van der Waals surface area (Å²) < 4.78 is 10.2. The first-order valence-electron chi connectivity index (χ1n) is 10.8. The van der Waals surface area contributed by atoms with E-state index in [2.05, 4.69) is 0 Å². The molecule has 2 heterocycles. The van der Waals surface area contributed by atoms with Crippen LogP contribution in [0.3, 0.4) is 0 Å². The zero-order valence-corrected chi connectivity index (χ0v) is 19.1. The van der Waals surface area contributed by atoms with E-state index in [1.807, 2.05) is 36.9 Å². The third kappa shape index (κ3) is 4.46. The van der Waals surface area contributed by atoms with Crippen molar-refractivity contribution in [2.24, 2.45) is 0 Å². The first kappa shape index (κ1) is 22.5. The minimum Gasteiger partial charge on any atom is -0.423 e. The summed E-state index contributed by atoms with van der Waals surface area (Å²) in [6.07, 6.45) is 0.727. The Morgan fingerprint density at radius 1 is 0.727 bits per heavy atom. The van der Waals surface area contributed by atoms with Crippen LogP contribution in [0, 0.1) is 13.8 Å². The standard InChI is InChI=1S/C25H26N2O6/c1-14-5-6-18(9-15(14)2)24(30)26-12-21-11-20(26)13-27(21)25(31)19-7-8-22(32-16(3)28)23(10-19)33-17(4)29/h5-10,20-21H,11-13H2,1-4H3. The van der Waals surface area contributed by atoms with E-state index in [9.17, 15) is 19.2 Å². The lowest BCUT2D eigenvalue weighted by molar-refractivity contribution is -0.134. The number of amides is 2. The van der Waals surface area contributed by atoms with Crippen molar-refractivity contribution in [1.29, 1.82) is 0 Å². The normalized spacial score (nSPS) is 18.9. The molecule has 172 valence electrons. The quantitative estimate of drug-likeness (QED) is 0.525. The van der Waals surface area contributed by atoms with Crippen molar-refractivity contribution < 1.29 is 28.7 Å². The molecule has 2 aromatic carbocycles. The summed E-state index contributed by atoms with van der Waals surface area (Å²) in [5.74, 6) is -1.30. The van der Waals surface area contributed by atoms with Crippen molar-refractivity contribution in [3.8, 4) is 11.5 Å². The van der Waals surface area contributed by atoms with Crippen molar-refractivity contribution in [1.82, 2.24) is 9.80 Å². The molecule has 0 radical (unpaired) electrons. The van der Waals surface area contributed by atoms with E-state index in [-0.39, 0.29) is 35.4 Å². The maximum atomic E-state index is 13.2. The zero-order chi connectivity index (χ0) is 23.9. The predicted molar refractivity (Wildman–Crippen MR) is 119 cm³/mol. The van der Waals surface area contributed by atoms with Gasteiger partial charge in [0.2, 0.25) is 0 Å². The number of fused-ring (bicyclic) bond motifs is 2. The van der Waals surface area contributed by atoms with Crippen LogP contribution in [0.25, 0.3) is 0 Å². The van der Waals surface area contributed by atoms with Crippen molar-refractivity contribution in [2.45, 2.75) is 46.2 Å². The molecule has 2 unspecified atom stereocenters. The van der Waals surface area contributed by atoms with Crippen molar-refractivity contribution >= 4 is 23.8 Å². The predicted octanol–water partition coefficient (Wildman–Crippen LogP) is 2.89. The molecule has 0 spiro atoms. The van der Waals surface area contributed by atoms with E-state index >= 15 is 0 Å². The molecule has 0 saturated carbocycles. The van der Waals surface area contributed by atoms with Crippen LogP contribution in [-0.2, 0) is 9.59 Å². The van der Waals surface area contributed by atoms with Gasteiger partial charge in [0.25, 0.3) is 11.8 Å². The van der Waals surface area contributed by atoms with E-state index in [1.165, 1.54) is 32.0 Å². The molecule has 8 nitrogen and oxygen atoms in total. The van der Waals surface area contributed by atoms with Gasteiger partial charge in [-0.3, -0.25) is 19.2 Å². The van der Waals surface area contributed by atoms with Crippen LogP contribution < -0.4 is 9.47 Å². The number of hydrogen-bond donors (Lipinski definition) is 0. The molecule has 2 fully saturated rings. The Morgan fingerprint density at radius 3 is 1.76 bits per heavy atom. The first-order chi connectivity index (χ1) is 15.6. The van der Waals surface area contributed by atoms with E-state index in [0.717, 1.165) is 17.5 Å². The molecule has 2 aliphatic heterocycles. The fourth-order valence-electron chi connectivity index (χ4n) is 4.49. The smallest absolute Gasteiger partial charge is 0.308 e. The Morgan fingerprint density at radius 2 is 1.24 bits per heavy atom. The number of aryl methyl sites for hydroxylation is 2. The molecule has 2 atom stereocenters. The minimum absolute atomic E-state index is 0.0134. The number of ether oxygens (including phenoxy) is 2. The summed E-state index contributed by atoms with van der Waals surface area (Å²) >= 11 is 0. The number of likely N-dealkylation sites (tertiary alicyclic amines) is 2. The highest BCUT2D eigenvalue weighted by atomic mass is 16.6. The number of carbonyl (C=O) groups excluding carboxylic acids is 4. The molecular formula is C25H26N2O6. The van der Waals surface area contributed by atoms with Crippen LogP contribution in [0.15, 0.2) is 36.4 Å². The van der Waals surface area contributed by atoms with Gasteiger partial charge in [-0.2, -0.15) is 0 Å². The Balaban J connectivity index is 1.49. The van der Waals surface area contributed by atoms with Crippen LogP contribution in [0.5, 0.6) is 11.5 Å². The lowest BCUT2D eigenvalue weighted by atomic mass is 10.1. The fraction of sp³-hybridized carbons (Fsp3) is 0.360. The molecule has 8 heteroatoms. The maximum Gasteiger partial charge on any atom is 0.308 e. The highest BCUT2D eigenvalue weighted by molar-refractivity contribution is 5.97. The van der Waals surface area contributed by atoms with Gasteiger partial charge in [0.05, 0.1) is 12.1 Å². The topological polar surface area (TPSA) is 93.2 Å². The Bertz CT molecular complexity index is 1160. The molecule has 2 saturated heterocycles. The SMILES string of the molecule is CC(=O)Oc1ccc(C(=O)N2CC3CC2CN3C(=O)c2ccc(C)c(C)c2)cc1OC(C)=O. The molecule has 0 aromatic heterocycles. The summed E-state index contributed by atoms with van der Waals surface area (Å²) in [5, 5.41) is 0. The van der Waals surface area contributed by atoms with Crippen LogP contribution in [-0.4, -0.2) is 58.7 Å². The van der Waals surface area contributed by atoms with E-state index in [1.54, 1.807) is 4.90 Å². The third-order valence-electron chi connectivity index (χ3n) is 6.21. The highest BCUT2D eigenvalue weighted by Crippen LogP contribution is 2.35. The number of carbonyl (C=O) groups is 4. The van der Waals surface area contributed by atoms with Crippen molar-refractivity contribution in [3.63, 3.8) is 0 Å². The lowest BCUT2D eigenvalue weighted by Crippen LogP contribution is -2.50. The monoisotopic (exact) mass is 450 g/mol. The van der Waals surface area contributed by atoms with Gasteiger partial charge in [-0.05, 0) is 61.7 Å². The Hall–Kier alpha value is -3.68. The maximum absolute atomic E-state index is 13.2. The number of rotatable bonds is 4. The molecule has 2 amide bonds. The second kappa shape index (κ2) is 8.69. The number of piperazine rings is 1. The molecular weight excluding hydrogens is 424 g/mol. The summed E-state index contributed by atoms with van der Waals surface area (Å²) in [5.41, 5.74) is 3.19. The second-order valence-corrected chi connectivity index (χ2v) is 8.61. The molecule has 0 N–H and O–H groups in total. The van der Waals surface area contributed by atoms with Gasteiger partial charge in [0, 0.05) is 38.1 Å². The van der Waals surface area contributed by atoms with Gasteiger partial charge in [0.1, 0.15) is 0 Å². The molecule has 0 aliphatic carbocycles. The van der Waals surface area contributed by atoms with Crippen molar-refractivity contribution in [3.05, 3.63) is 58.7 Å². The van der Waals surface area contributed by atoms with Crippen LogP contribution in [0.1, 0.15) is 52.1 Å². The van der Waals surface area contributed by atoms with Gasteiger partial charge in [-0.25, -0.2) is 0 Å². The third-order valence-corrected chi connectivity index (χ3v) is 6.21. The lowest BCUT2D eigenvalue weighted by Gasteiger charge is -2.34. The number of esters is 2. The van der Waals surface area contributed by atoms with Gasteiger partial charge >= 0.3 is 11.9 Å².